The lowest BCUT2D eigenvalue weighted by Gasteiger charge is -2.13. The van der Waals surface area contributed by atoms with Crippen molar-refractivity contribution in [2.75, 3.05) is 25.6 Å². The van der Waals surface area contributed by atoms with Crippen LogP contribution in [0.15, 0.2) is 18.3 Å². The maximum Gasteiger partial charge on any atom is 0.416 e. The Morgan fingerprint density at radius 2 is 2.18 bits per heavy atom. The van der Waals surface area contributed by atoms with Crippen LogP contribution in [0.25, 0.3) is 0 Å². The van der Waals surface area contributed by atoms with Gasteiger partial charge in [-0.1, -0.05) is 6.92 Å². The molecule has 1 rings (SSSR count). The smallest absolute Gasteiger partial charge is 0.384 e. The van der Waals surface area contributed by atoms with Crippen LogP contribution in [0.5, 0.6) is 0 Å². The van der Waals surface area contributed by atoms with Crippen molar-refractivity contribution in [2.24, 2.45) is 5.92 Å². The molecule has 0 saturated carbocycles. The summed E-state index contributed by atoms with van der Waals surface area (Å²) in [6.07, 6.45) is -3.19. The molecule has 0 radical (unpaired) electrons. The Morgan fingerprint density at radius 3 is 2.76 bits per heavy atom. The van der Waals surface area contributed by atoms with Gasteiger partial charge in [-0.2, -0.15) is 13.2 Å². The lowest BCUT2D eigenvalue weighted by Crippen LogP contribution is -2.17. The van der Waals surface area contributed by atoms with Gasteiger partial charge in [0.05, 0.1) is 12.2 Å². The second-order valence-electron chi connectivity index (χ2n) is 3.87. The van der Waals surface area contributed by atoms with Crippen molar-refractivity contribution in [3.63, 3.8) is 0 Å². The van der Waals surface area contributed by atoms with Gasteiger partial charge in [0.2, 0.25) is 0 Å². The molecule has 1 atom stereocenters. The molecule has 6 heteroatoms. The van der Waals surface area contributed by atoms with E-state index in [4.69, 9.17) is 4.74 Å². The minimum atomic E-state index is -4.34. The predicted octanol–water partition coefficient (Wildman–Crippen LogP) is 2.79. The van der Waals surface area contributed by atoms with E-state index in [0.717, 1.165) is 18.3 Å². The van der Waals surface area contributed by atoms with Crippen molar-refractivity contribution in [2.45, 2.75) is 13.1 Å². The first-order valence-electron chi connectivity index (χ1n) is 5.19. The molecular formula is C11H15F3N2O. The van der Waals surface area contributed by atoms with Gasteiger partial charge in [-0.3, -0.25) is 0 Å². The molecule has 1 aromatic rings. The van der Waals surface area contributed by atoms with Gasteiger partial charge in [0, 0.05) is 19.9 Å². The van der Waals surface area contributed by atoms with Gasteiger partial charge in [-0.25, -0.2) is 4.98 Å². The molecule has 0 aliphatic carbocycles. The summed E-state index contributed by atoms with van der Waals surface area (Å²) >= 11 is 0. The third-order valence-electron chi connectivity index (χ3n) is 2.17. The second-order valence-corrected chi connectivity index (χ2v) is 3.87. The van der Waals surface area contributed by atoms with Gasteiger partial charge < -0.3 is 10.1 Å². The number of ether oxygens (including phenoxy) is 1. The molecule has 1 unspecified atom stereocenters. The first-order chi connectivity index (χ1) is 7.93. The molecule has 96 valence electrons. The summed E-state index contributed by atoms with van der Waals surface area (Å²) in [5, 5.41) is 2.85. The maximum atomic E-state index is 12.4. The van der Waals surface area contributed by atoms with Crippen molar-refractivity contribution < 1.29 is 17.9 Å². The number of anilines is 1. The summed E-state index contributed by atoms with van der Waals surface area (Å²) in [5.41, 5.74) is -0.700. The average Bonchev–Trinajstić information content (AvgIpc) is 2.26. The van der Waals surface area contributed by atoms with E-state index in [-0.39, 0.29) is 11.7 Å². The first kappa shape index (κ1) is 13.8. The number of alkyl halides is 3. The molecule has 3 nitrogen and oxygen atoms in total. The molecule has 0 aromatic carbocycles. The van der Waals surface area contributed by atoms with E-state index in [1.54, 1.807) is 7.11 Å². The molecule has 0 aliphatic heterocycles. The van der Waals surface area contributed by atoms with Gasteiger partial charge >= 0.3 is 6.18 Å². The van der Waals surface area contributed by atoms with E-state index in [1.807, 2.05) is 6.92 Å². The summed E-state index contributed by atoms with van der Waals surface area (Å²) < 4.78 is 42.2. The lowest BCUT2D eigenvalue weighted by atomic mass is 10.2. The highest BCUT2D eigenvalue weighted by Crippen LogP contribution is 2.29. The highest BCUT2D eigenvalue weighted by atomic mass is 19.4. The Kier molecular flexibility index (Phi) is 4.74. The molecule has 0 bridgehead atoms. The van der Waals surface area contributed by atoms with Gasteiger partial charge in [-0.15, -0.1) is 0 Å². The van der Waals surface area contributed by atoms with E-state index >= 15 is 0 Å². The summed E-state index contributed by atoms with van der Waals surface area (Å²) in [6.45, 7) is 3.00. The maximum absolute atomic E-state index is 12.4. The number of pyridine rings is 1. The van der Waals surface area contributed by atoms with Crippen LogP contribution in [0.4, 0.5) is 19.0 Å². The number of rotatable bonds is 5. The number of aromatic nitrogens is 1. The van der Waals surface area contributed by atoms with Gasteiger partial charge in [0.15, 0.2) is 0 Å². The van der Waals surface area contributed by atoms with E-state index < -0.39 is 11.7 Å². The normalized spacial score (nSPS) is 13.5. The van der Waals surface area contributed by atoms with Crippen molar-refractivity contribution in [1.29, 1.82) is 0 Å². The molecular weight excluding hydrogens is 233 g/mol. The van der Waals surface area contributed by atoms with Crippen LogP contribution in [0.3, 0.4) is 0 Å². The Balaban J connectivity index is 2.60. The predicted molar refractivity (Wildman–Crippen MR) is 58.8 cm³/mol. The van der Waals surface area contributed by atoms with E-state index in [0.29, 0.717) is 13.2 Å². The third-order valence-corrected chi connectivity index (χ3v) is 2.17. The highest BCUT2D eigenvalue weighted by Gasteiger charge is 2.30. The lowest BCUT2D eigenvalue weighted by molar-refractivity contribution is -0.137. The molecule has 0 saturated heterocycles. The molecule has 17 heavy (non-hydrogen) atoms. The monoisotopic (exact) mass is 248 g/mol. The quantitative estimate of drug-likeness (QED) is 0.870. The Hall–Kier alpha value is -1.30. The van der Waals surface area contributed by atoms with Crippen LogP contribution in [-0.2, 0) is 10.9 Å². The summed E-state index contributed by atoms with van der Waals surface area (Å²) in [7, 11) is 1.58. The minimum absolute atomic E-state index is 0.205. The average molecular weight is 248 g/mol. The number of halogens is 3. The molecule has 0 fully saturated rings. The molecule has 1 N–H and O–H groups in total. The fourth-order valence-electron chi connectivity index (χ4n) is 1.33. The topological polar surface area (TPSA) is 34.1 Å². The summed E-state index contributed by atoms with van der Waals surface area (Å²) in [5.74, 6) is 0.430. The summed E-state index contributed by atoms with van der Waals surface area (Å²) in [6, 6.07) is 1.95. The molecule has 0 aliphatic rings. The van der Waals surface area contributed by atoms with Crippen LogP contribution in [0, 0.1) is 5.92 Å². The number of hydrogen-bond donors (Lipinski definition) is 1. The number of hydrogen-bond acceptors (Lipinski definition) is 3. The van der Waals surface area contributed by atoms with E-state index in [2.05, 4.69) is 10.3 Å². The fourth-order valence-corrected chi connectivity index (χ4v) is 1.33. The SMILES string of the molecule is COCC(C)CNc1cc(C(F)(F)F)ccn1. The van der Waals surface area contributed by atoms with Crippen molar-refractivity contribution in [1.82, 2.24) is 4.98 Å². The molecule has 1 aromatic heterocycles. The van der Waals surface area contributed by atoms with Crippen molar-refractivity contribution in [3.8, 4) is 0 Å². The van der Waals surface area contributed by atoms with Crippen LogP contribution >= 0.6 is 0 Å². The van der Waals surface area contributed by atoms with Crippen molar-refractivity contribution in [3.05, 3.63) is 23.9 Å². The second kappa shape index (κ2) is 5.86. The Morgan fingerprint density at radius 1 is 1.47 bits per heavy atom. The van der Waals surface area contributed by atoms with E-state index in [1.165, 1.54) is 0 Å². The summed E-state index contributed by atoms with van der Waals surface area (Å²) in [4.78, 5) is 3.83. The Labute approximate surface area is 98.0 Å². The zero-order chi connectivity index (χ0) is 12.9. The number of nitrogens with zero attached hydrogens (tertiary/aromatic N) is 1. The van der Waals surface area contributed by atoms with Gasteiger partial charge in [0.25, 0.3) is 0 Å². The van der Waals surface area contributed by atoms with Crippen molar-refractivity contribution >= 4 is 5.82 Å². The molecule has 0 spiro atoms. The zero-order valence-electron chi connectivity index (χ0n) is 9.71. The Bertz CT molecular complexity index is 355. The largest absolute Gasteiger partial charge is 0.416 e. The molecule has 0 amide bonds. The van der Waals surface area contributed by atoms with Crippen LogP contribution in [0.1, 0.15) is 12.5 Å². The van der Waals surface area contributed by atoms with Gasteiger partial charge in [-0.05, 0) is 18.1 Å². The first-order valence-corrected chi connectivity index (χ1v) is 5.19. The van der Waals surface area contributed by atoms with Crippen LogP contribution in [0.2, 0.25) is 0 Å². The number of nitrogens with one attached hydrogen (secondary N) is 1. The third kappa shape index (κ3) is 4.60. The van der Waals surface area contributed by atoms with Crippen LogP contribution in [-0.4, -0.2) is 25.2 Å². The number of methoxy groups -OCH3 is 1. The minimum Gasteiger partial charge on any atom is -0.384 e. The standard InChI is InChI=1S/C11H15F3N2O/c1-8(7-17-2)6-16-10-5-9(3-4-15-10)11(12,13)14/h3-5,8H,6-7H2,1-2H3,(H,15,16). The fraction of sp³-hybridized carbons (Fsp3) is 0.545. The van der Waals surface area contributed by atoms with E-state index in [9.17, 15) is 13.2 Å². The van der Waals surface area contributed by atoms with Gasteiger partial charge in [0.1, 0.15) is 5.82 Å². The van der Waals surface area contributed by atoms with Crippen LogP contribution < -0.4 is 5.32 Å². The highest BCUT2D eigenvalue weighted by molar-refractivity contribution is 5.38. The zero-order valence-corrected chi connectivity index (χ0v) is 9.71. The molecule has 1 heterocycles.